The molecule has 0 bridgehead atoms. The number of amides is 2. The number of carbonyl (C=O) groups excluding carboxylic acids is 2. The van der Waals surface area contributed by atoms with Crippen molar-refractivity contribution in [2.24, 2.45) is 0 Å². The molecule has 5 rings (SSSR count). The summed E-state index contributed by atoms with van der Waals surface area (Å²) in [6.07, 6.45) is 5.57. The summed E-state index contributed by atoms with van der Waals surface area (Å²) < 4.78 is 33.9. The van der Waals surface area contributed by atoms with Crippen LogP contribution in [0.3, 0.4) is 0 Å². The van der Waals surface area contributed by atoms with Crippen molar-refractivity contribution in [3.05, 3.63) is 58.4 Å². The Labute approximate surface area is 229 Å². The van der Waals surface area contributed by atoms with E-state index < -0.39 is 29.2 Å². The van der Waals surface area contributed by atoms with Gasteiger partial charge in [0.05, 0.1) is 23.1 Å². The first-order valence-electron chi connectivity index (χ1n) is 13.1. The van der Waals surface area contributed by atoms with Crippen LogP contribution in [0.5, 0.6) is 0 Å². The van der Waals surface area contributed by atoms with E-state index in [9.17, 15) is 18.4 Å². The molecule has 1 fully saturated rings. The van der Waals surface area contributed by atoms with Crippen LogP contribution >= 0.6 is 11.3 Å². The zero-order valence-electron chi connectivity index (χ0n) is 22.1. The number of thiazole rings is 1. The SMILES string of the molecule is CC(C)(C)OC(=O)NC1CCCN(c2c(NC(=O)c3csc(-c4c(F)cccc4F)n3)cnc3c2CCC3)C1. The number of carbonyl (C=O) groups is 2. The molecule has 3 aromatic rings. The van der Waals surface area contributed by atoms with Crippen molar-refractivity contribution in [2.45, 2.75) is 64.5 Å². The zero-order valence-corrected chi connectivity index (χ0v) is 23.0. The van der Waals surface area contributed by atoms with Crippen LogP contribution in [0.2, 0.25) is 0 Å². The molecule has 206 valence electrons. The first-order valence-corrected chi connectivity index (χ1v) is 13.9. The van der Waals surface area contributed by atoms with Crippen molar-refractivity contribution in [2.75, 3.05) is 23.3 Å². The van der Waals surface area contributed by atoms with E-state index in [2.05, 4.69) is 25.5 Å². The maximum atomic E-state index is 14.2. The molecule has 0 saturated carbocycles. The predicted octanol–water partition coefficient (Wildman–Crippen LogP) is 5.72. The molecule has 1 atom stereocenters. The van der Waals surface area contributed by atoms with Crippen molar-refractivity contribution in [1.29, 1.82) is 0 Å². The summed E-state index contributed by atoms with van der Waals surface area (Å²) in [7, 11) is 0. The maximum Gasteiger partial charge on any atom is 0.407 e. The molecule has 2 N–H and O–H groups in total. The Kier molecular flexibility index (Phi) is 7.53. The van der Waals surface area contributed by atoms with E-state index in [4.69, 9.17) is 4.74 Å². The number of halogens is 2. The van der Waals surface area contributed by atoms with Gasteiger partial charge in [0, 0.05) is 30.2 Å². The number of piperidine rings is 1. The minimum atomic E-state index is -0.735. The molecule has 1 saturated heterocycles. The summed E-state index contributed by atoms with van der Waals surface area (Å²) in [5.74, 6) is -1.96. The number of benzene rings is 1. The van der Waals surface area contributed by atoms with Gasteiger partial charge in [-0.3, -0.25) is 9.78 Å². The number of nitrogens with zero attached hydrogens (tertiary/aromatic N) is 3. The summed E-state index contributed by atoms with van der Waals surface area (Å²) in [4.78, 5) is 36.6. The minimum absolute atomic E-state index is 0.0622. The molecule has 3 heterocycles. The molecular formula is C28H31F2N5O3S. The Morgan fingerprint density at radius 2 is 1.92 bits per heavy atom. The number of hydrogen-bond acceptors (Lipinski definition) is 7. The van der Waals surface area contributed by atoms with Gasteiger partial charge in [0.15, 0.2) is 0 Å². The molecular weight excluding hydrogens is 524 g/mol. The molecule has 1 aliphatic carbocycles. The van der Waals surface area contributed by atoms with Gasteiger partial charge in [-0.1, -0.05) is 6.07 Å². The quantitative estimate of drug-likeness (QED) is 0.418. The van der Waals surface area contributed by atoms with Crippen molar-refractivity contribution in [3.63, 3.8) is 0 Å². The van der Waals surface area contributed by atoms with E-state index in [-0.39, 0.29) is 22.3 Å². The summed E-state index contributed by atoms with van der Waals surface area (Å²) in [6, 6.07) is 3.49. The normalized spacial score (nSPS) is 17.1. The smallest absolute Gasteiger partial charge is 0.407 e. The Bertz CT molecular complexity index is 1380. The number of anilines is 2. The topological polar surface area (TPSA) is 96.5 Å². The number of pyridine rings is 1. The van der Waals surface area contributed by atoms with Crippen LogP contribution in [0, 0.1) is 11.6 Å². The summed E-state index contributed by atoms with van der Waals surface area (Å²) in [5.41, 5.74) is 2.78. The van der Waals surface area contributed by atoms with Crippen molar-refractivity contribution < 1.29 is 23.1 Å². The fourth-order valence-electron chi connectivity index (χ4n) is 5.10. The van der Waals surface area contributed by atoms with Gasteiger partial charge in [-0.15, -0.1) is 11.3 Å². The number of rotatable bonds is 5. The van der Waals surface area contributed by atoms with Crippen LogP contribution in [0.25, 0.3) is 10.6 Å². The van der Waals surface area contributed by atoms with E-state index in [1.54, 1.807) is 6.20 Å². The van der Waals surface area contributed by atoms with Crippen molar-refractivity contribution in [3.8, 4) is 10.6 Å². The number of aromatic nitrogens is 2. The Morgan fingerprint density at radius 1 is 1.15 bits per heavy atom. The van der Waals surface area contributed by atoms with Crippen molar-refractivity contribution in [1.82, 2.24) is 15.3 Å². The number of ether oxygens (including phenoxy) is 1. The third kappa shape index (κ3) is 6.03. The van der Waals surface area contributed by atoms with Crippen LogP contribution in [0.15, 0.2) is 29.8 Å². The molecule has 1 aromatic carbocycles. The standard InChI is InChI=1S/C28H31F2N5O3S/c1-28(2,3)38-27(37)32-16-7-6-12-35(14-16)24-17-8-4-11-20(17)31-13-21(24)33-25(36)22-15-39-26(34-22)23-18(29)9-5-10-19(23)30/h5,9-10,13,15-16H,4,6-8,11-12,14H2,1-3H3,(H,32,37)(H,33,36). The fourth-order valence-corrected chi connectivity index (χ4v) is 5.94. The molecule has 2 aliphatic rings. The van der Waals surface area contributed by atoms with E-state index >= 15 is 0 Å². The van der Waals surface area contributed by atoms with E-state index in [1.807, 2.05) is 20.8 Å². The highest BCUT2D eigenvalue weighted by molar-refractivity contribution is 7.13. The highest BCUT2D eigenvalue weighted by atomic mass is 32.1. The van der Waals surface area contributed by atoms with E-state index in [1.165, 1.54) is 11.4 Å². The van der Waals surface area contributed by atoms with E-state index in [0.717, 1.165) is 79.1 Å². The monoisotopic (exact) mass is 555 g/mol. The molecule has 2 aromatic heterocycles. The molecule has 1 aliphatic heterocycles. The Hall–Kier alpha value is -3.60. The molecule has 0 spiro atoms. The largest absolute Gasteiger partial charge is 0.444 e. The molecule has 0 radical (unpaired) electrons. The van der Waals surface area contributed by atoms with Crippen molar-refractivity contribution >= 4 is 34.7 Å². The number of hydrogen-bond donors (Lipinski definition) is 2. The van der Waals surface area contributed by atoms with Gasteiger partial charge in [0.2, 0.25) is 0 Å². The lowest BCUT2D eigenvalue weighted by Crippen LogP contribution is -2.49. The molecule has 8 nitrogen and oxygen atoms in total. The molecule has 2 amide bonds. The highest BCUT2D eigenvalue weighted by Crippen LogP contribution is 2.38. The van der Waals surface area contributed by atoms with Gasteiger partial charge in [-0.2, -0.15) is 0 Å². The molecule has 39 heavy (non-hydrogen) atoms. The molecule has 11 heteroatoms. The Balaban J connectivity index is 1.38. The van der Waals surface area contributed by atoms with Gasteiger partial charge in [-0.05, 0) is 70.6 Å². The lowest BCUT2D eigenvalue weighted by molar-refractivity contribution is 0.0500. The first-order chi connectivity index (χ1) is 18.6. The lowest BCUT2D eigenvalue weighted by atomic mass is 10.0. The van der Waals surface area contributed by atoms with Gasteiger partial charge >= 0.3 is 6.09 Å². The predicted molar refractivity (Wildman–Crippen MR) is 146 cm³/mol. The Morgan fingerprint density at radius 3 is 2.67 bits per heavy atom. The maximum absolute atomic E-state index is 14.2. The minimum Gasteiger partial charge on any atom is -0.444 e. The van der Waals surface area contributed by atoms with Gasteiger partial charge in [-0.25, -0.2) is 18.6 Å². The molecule has 1 unspecified atom stereocenters. The second-order valence-electron chi connectivity index (χ2n) is 10.8. The van der Waals surface area contributed by atoms with E-state index in [0.29, 0.717) is 12.2 Å². The number of fused-ring (bicyclic) bond motifs is 1. The third-order valence-corrected chi connectivity index (χ3v) is 7.56. The van der Waals surface area contributed by atoms with Gasteiger partial charge in [0.25, 0.3) is 5.91 Å². The number of nitrogens with one attached hydrogen (secondary N) is 2. The van der Waals surface area contributed by atoms with Crippen LogP contribution in [0.4, 0.5) is 25.0 Å². The van der Waals surface area contributed by atoms with Crippen LogP contribution in [0.1, 0.15) is 61.8 Å². The second-order valence-corrected chi connectivity index (χ2v) is 11.7. The third-order valence-electron chi connectivity index (χ3n) is 6.70. The van der Waals surface area contributed by atoms with Crippen LogP contribution in [-0.4, -0.2) is 46.7 Å². The van der Waals surface area contributed by atoms with Crippen LogP contribution in [-0.2, 0) is 17.6 Å². The zero-order chi connectivity index (χ0) is 27.7. The summed E-state index contributed by atoms with van der Waals surface area (Å²) >= 11 is 1.00. The highest BCUT2D eigenvalue weighted by Gasteiger charge is 2.30. The van der Waals surface area contributed by atoms with Gasteiger partial charge in [0.1, 0.15) is 27.9 Å². The lowest BCUT2D eigenvalue weighted by Gasteiger charge is -2.37. The second kappa shape index (κ2) is 10.9. The van der Waals surface area contributed by atoms with Gasteiger partial charge < -0.3 is 20.3 Å². The van der Waals surface area contributed by atoms with Crippen LogP contribution < -0.4 is 15.5 Å². The summed E-state index contributed by atoms with van der Waals surface area (Å²) in [5, 5.41) is 7.49. The number of aryl methyl sites for hydroxylation is 1. The average Bonchev–Trinajstić information content (AvgIpc) is 3.53. The average molecular weight is 556 g/mol. The fraction of sp³-hybridized carbons (Fsp3) is 0.429. The number of alkyl carbamates (subject to hydrolysis) is 1. The first kappa shape index (κ1) is 27.0. The summed E-state index contributed by atoms with van der Waals surface area (Å²) in [6.45, 7) is 6.80.